The molecular weight excluding hydrogens is 244 g/mol. The van der Waals surface area contributed by atoms with Crippen LogP contribution in [0.2, 0.25) is 0 Å². The molecule has 0 fully saturated rings. The average Bonchev–Trinajstić information content (AvgIpc) is 2.41. The van der Waals surface area contributed by atoms with E-state index in [9.17, 15) is 0 Å². The van der Waals surface area contributed by atoms with Crippen LogP contribution in [-0.2, 0) is 15.9 Å². The van der Waals surface area contributed by atoms with E-state index in [4.69, 9.17) is 18.9 Å². The summed E-state index contributed by atoms with van der Waals surface area (Å²) in [6.45, 7) is 4.56. The van der Waals surface area contributed by atoms with Gasteiger partial charge in [0.05, 0.1) is 0 Å². The van der Waals surface area contributed by atoms with Crippen LogP contribution in [0.25, 0.3) is 0 Å². The summed E-state index contributed by atoms with van der Waals surface area (Å²) in [5.41, 5.74) is 2.25. The van der Waals surface area contributed by atoms with Crippen LogP contribution in [0.3, 0.4) is 0 Å². The SMILES string of the molecule is COCOc1cccc(OCOC)c1CC=C(C)C. The van der Waals surface area contributed by atoms with Gasteiger partial charge in [-0.05, 0) is 32.4 Å². The molecule has 0 bridgehead atoms. The summed E-state index contributed by atoms with van der Waals surface area (Å²) in [4.78, 5) is 0. The van der Waals surface area contributed by atoms with Crippen molar-refractivity contribution in [3.05, 3.63) is 35.4 Å². The minimum absolute atomic E-state index is 0.218. The van der Waals surface area contributed by atoms with Crippen molar-refractivity contribution in [3.63, 3.8) is 0 Å². The number of methoxy groups -OCH3 is 2. The first-order chi connectivity index (χ1) is 9.19. The number of benzene rings is 1. The fourth-order valence-corrected chi connectivity index (χ4v) is 1.57. The molecule has 0 spiro atoms. The Bertz CT molecular complexity index is 382. The van der Waals surface area contributed by atoms with Crippen molar-refractivity contribution in [2.75, 3.05) is 27.8 Å². The maximum atomic E-state index is 5.57. The molecule has 0 unspecified atom stereocenters. The Balaban J connectivity index is 2.97. The Kier molecular flexibility index (Phi) is 7.00. The van der Waals surface area contributed by atoms with E-state index in [-0.39, 0.29) is 13.6 Å². The molecule has 0 saturated carbocycles. The highest BCUT2D eigenvalue weighted by Gasteiger charge is 2.10. The largest absolute Gasteiger partial charge is 0.467 e. The molecule has 4 heteroatoms. The number of hydrogen-bond donors (Lipinski definition) is 0. The number of hydrogen-bond acceptors (Lipinski definition) is 4. The van der Waals surface area contributed by atoms with Gasteiger partial charge in [0, 0.05) is 19.8 Å². The topological polar surface area (TPSA) is 36.9 Å². The average molecular weight is 266 g/mol. The molecule has 0 aliphatic heterocycles. The molecule has 4 nitrogen and oxygen atoms in total. The lowest BCUT2D eigenvalue weighted by atomic mass is 10.1. The Labute approximate surface area is 114 Å². The van der Waals surface area contributed by atoms with Crippen molar-refractivity contribution in [3.8, 4) is 11.5 Å². The third-order valence-electron chi connectivity index (χ3n) is 2.47. The number of allylic oxidation sites excluding steroid dienone is 2. The molecule has 0 aliphatic carbocycles. The molecule has 0 atom stereocenters. The fraction of sp³-hybridized carbons (Fsp3) is 0.467. The van der Waals surface area contributed by atoms with Crippen LogP contribution >= 0.6 is 0 Å². The lowest BCUT2D eigenvalue weighted by Gasteiger charge is -2.14. The molecule has 0 heterocycles. The molecule has 1 aromatic carbocycles. The first kappa shape index (κ1) is 15.5. The standard InChI is InChI=1S/C15H22O4/c1-12(2)8-9-13-14(18-10-16-3)6-5-7-15(13)19-11-17-4/h5-8H,9-11H2,1-4H3. The minimum Gasteiger partial charge on any atom is -0.467 e. The maximum Gasteiger partial charge on any atom is 0.188 e. The Morgan fingerprint density at radius 1 is 1.00 bits per heavy atom. The van der Waals surface area contributed by atoms with Gasteiger partial charge in [-0.25, -0.2) is 0 Å². The zero-order chi connectivity index (χ0) is 14.1. The van der Waals surface area contributed by atoms with Gasteiger partial charge >= 0.3 is 0 Å². The zero-order valence-corrected chi connectivity index (χ0v) is 12.1. The van der Waals surface area contributed by atoms with Gasteiger partial charge in [-0.2, -0.15) is 0 Å². The molecule has 19 heavy (non-hydrogen) atoms. The monoisotopic (exact) mass is 266 g/mol. The van der Waals surface area contributed by atoms with Gasteiger partial charge in [0.1, 0.15) is 11.5 Å². The molecule has 106 valence electrons. The Hall–Kier alpha value is -1.52. The highest BCUT2D eigenvalue weighted by Crippen LogP contribution is 2.29. The molecule has 0 aliphatic rings. The van der Waals surface area contributed by atoms with Crippen molar-refractivity contribution in [2.24, 2.45) is 0 Å². The summed E-state index contributed by atoms with van der Waals surface area (Å²) in [6, 6.07) is 5.71. The van der Waals surface area contributed by atoms with Gasteiger partial charge in [0.25, 0.3) is 0 Å². The van der Waals surface area contributed by atoms with Crippen LogP contribution in [0.4, 0.5) is 0 Å². The zero-order valence-electron chi connectivity index (χ0n) is 12.1. The van der Waals surface area contributed by atoms with Gasteiger partial charge in [0.15, 0.2) is 13.6 Å². The summed E-state index contributed by atoms with van der Waals surface area (Å²) in [6.07, 6.45) is 2.88. The van der Waals surface area contributed by atoms with Crippen LogP contribution in [0, 0.1) is 0 Å². The van der Waals surface area contributed by atoms with E-state index in [1.807, 2.05) is 18.2 Å². The minimum atomic E-state index is 0.218. The molecule has 0 radical (unpaired) electrons. The predicted molar refractivity (Wildman–Crippen MR) is 74.6 cm³/mol. The van der Waals surface area contributed by atoms with Crippen molar-refractivity contribution in [1.82, 2.24) is 0 Å². The van der Waals surface area contributed by atoms with Crippen molar-refractivity contribution < 1.29 is 18.9 Å². The molecule has 0 N–H and O–H groups in total. The Morgan fingerprint density at radius 2 is 1.53 bits per heavy atom. The van der Waals surface area contributed by atoms with Crippen molar-refractivity contribution in [1.29, 1.82) is 0 Å². The highest BCUT2D eigenvalue weighted by atomic mass is 16.7. The quantitative estimate of drug-likeness (QED) is 0.535. The summed E-state index contributed by atoms with van der Waals surface area (Å²) < 4.78 is 21.0. The van der Waals surface area contributed by atoms with E-state index in [0.29, 0.717) is 0 Å². The molecule has 0 saturated heterocycles. The lowest BCUT2D eigenvalue weighted by molar-refractivity contribution is 0.0448. The molecule has 1 rings (SSSR count). The summed E-state index contributed by atoms with van der Waals surface area (Å²) >= 11 is 0. The summed E-state index contributed by atoms with van der Waals surface area (Å²) in [7, 11) is 3.20. The van der Waals surface area contributed by atoms with Crippen molar-refractivity contribution in [2.45, 2.75) is 20.3 Å². The van der Waals surface area contributed by atoms with Crippen LogP contribution in [0.15, 0.2) is 29.8 Å². The van der Waals surface area contributed by atoms with E-state index < -0.39 is 0 Å². The van der Waals surface area contributed by atoms with Gasteiger partial charge in [-0.15, -0.1) is 0 Å². The van der Waals surface area contributed by atoms with Crippen LogP contribution in [0.5, 0.6) is 11.5 Å². The third kappa shape index (κ3) is 5.32. The van der Waals surface area contributed by atoms with E-state index >= 15 is 0 Å². The van der Waals surface area contributed by atoms with Gasteiger partial charge in [-0.3, -0.25) is 0 Å². The second kappa shape index (κ2) is 8.56. The summed E-state index contributed by atoms with van der Waals surface area (Å²) in [5.74, 6) is 1.54. The van der Waals surface area contributed by atoms with Crippen LogP contribution in [0.1, 0.15) is 19.4 Å². The Morgan fingerprint density at radius 3 is 1.95 bits per heavy atom. The highest BCUT2D eigenvalue weighted by molar-refractivity contribution is 5.46. The smallest absolute Gasteiger partial charge is 0.188 e. The van der Waals surface area contributed by atoms with Crippen LogP contribution in [-0.4, -0.2) is 27.8 Å². The first-order valence-electron chi connectivity index (χ1n) is 6.17. The van der Waals surface area contributed by atoms with Gasteiger partial charge in [0.2, 0.25) is 0 Å². The second-order valence-corrected chi connectivity index (χ2v) is 4.32. The second-order valence-electron chi connectivity index (χ2n) is 4.32. The summed E-state index contributed by atoms with van der Waals surface area (Å²) in [5, 5.41) is 0. The fourth-order valence-electron chi connectivity index (χ4n) is 1.57. The molecule has 0 aromatic heterocycles. The van der Waals surface area contributed by atoms with Gasteiger partial charge in [-0.1, -0.05) is 17.7 Å². The first-order valence-corrected chi connectivity index (χ1v) is 6.17. The van der Waals surface area contributed by atoms with Crippen molar-refractivity contribution >= 4 is 0 Å². The van der Waals surface area contributed by atoms with Gasteiger partial charge < -0.3 is 18.9 Å². The van der Waals surface area contributed by atoms with E-state index in [0.717, 1.165) is 23.5 Å². The van der Waals surface area contributed by atoms with E-state index in [1.54, 1.807) is 14.2 Å². The third-order valence-corrected chi connectivity index (χ3v) is 2.47. The molecular formula is C15H22O4. The predicted octanol–water partition coefficient (Wildman–Crippen LogP) is 3.16. The normalized spacial score (nSPS) is 10.1. The molecule has 0 amide bonds. The van der Waals surface area contributed by atoms with E-state index in [1.165, 1.54) is 5.57 Å². The maximum absolute atomic E-state index is 5.57. The number of ether oxygens (including phenoxy) is 4. The van der Waals surface area contributed by atoms with Crippen LogP contribution < -0.4 is 9.47 Å². The number of rotatable bonds is 8. The van der Waals surface area contributed by atoms with E-state index in [2.05, 4.69) is 19.9 Å². The molecule has 1 aromatic rings. The lowest BCUT2D eigenvalue weighted by Crippen LogP contribution is -2.05.